The molecule has 0 aliphatic carbocycles. The van der Waals surface area contributed by atoms with Crippen LogP contribution in [0.3, 0.4) is 0 Å². The first kappa shape index (κ1) is 20.5. The second-order valence-electron chi connectivity index (χ2n) is 7.14. The number of ether oxygens (including phenoxy) is 2. The van der Waals surface area contributed by atoms with E-state index < -0.39 is 22.0 Å². The number of benzene rings is 2. The summed E-state index contributed by atoms with van der Waals surface area (Å²) in [5.74, 6) is 0.579. The van der Waals surface area contributed by atoms with Crippen LogP contribution in [-0.4, -0.2) is 35.9 Å². The monoisotopic (exact) mass is 448 g/mol. The molecule has 3 aromatic rings. The number of rotatable bonds is 7. The molecule has 0 unspecified atom stereocenters. The Morgan fingerprint density at radius 2 is 1.97 bits per heavy atom. The van der Waals surface area contributed by atoms with Crippen LogP contribution in [0.15, 0.2) is 41.3 Å². The van der Waals surface area contributed by atoms with Crippen molar-refractivity contribution in [2.45, 2.75) is 31.3 Å². The van der Waals surface area contributed by atoms with E-state index in [1.807, 2.05) is 6.07 Å². The van der Waals surface area contributed by atoms with Gasteiger partial charge in [-0.25, -0.2) is 8.42 Å². The summed E-state index contributed by atoms with van der Waals surface area (Å²) in [7, 11) is -3.98. The normalized spacial score (nSPS) is 14.2. The molecule has 1 aliphatic heterocycles. The first-order chi connectivity index (χ1) is 14.3. The predicted octanol–water partition coefficient (Wildman–Crippen LogP) is 2.04. The summed E-state index contributed by atoms with van der Waals surface area (Å²) in [6.07, 6.45) is 0. The molecule has 0 saturated carbocycles. The minimum Gasteiger partial charge on any atom is -0.454 e. The van der Waals surface area contributed by atoms with Gasteiger partial charge in [-0.3, -0.25) is 4.79 Å². The Morgan fingerprint density at radius 1 is 1.17 bits per heavy atom. The fourth-order valence-corrected chi connectivity index (χ4v) is 5.18. The van der Waals surface area contributed by atoms with Crippen molar-refractivity contribution in [3.8, 4) is 11.5 Å². The molecule has 1 amide bonds. The van der Waals surface area contributed by atoms with Crippen molar-refractivity contribution in [2.24, 2.45) is 5.92 Å². The highest BCUT2D eigenvalue weighted by Gasteiger charge is 2.30. The number of nitrogens with zero attached hydrogens (tertiary/aromatic N) is 2. The molecule has 30 heavy (non-hydrogen) atoms. The van der Waals surface area contributed by atoms with Gasteiger partial charge in [0, 0.05) is 6.54 Å². The lowest BCUT2D eigenvalue weighted by Gasteiger charge is -2.21. The van der Waals surface area contributed by atoms with E-state index in [1.54, 1.807) is 38.1 Å². The Morgan fingerprint density at radius 3 is 2.77 bits per heavy atom. The van der Waals surface area contributed by atoms with Gasteiger partial charge in [0.1, 0.15) is 22.0 Å². The van der Waals surface area contributed by atoms with Gasteiger partial charge in [0.05, 0.1) is 11.7 Å². The maximum Gasteiger partial charge on any atom is 0.243 e. The maximum atomic E-state index is 13.0. The Bertz CT molecular complexity index is 1190. The highest BCUT2D eigenvalue weighted by molar-refractivity contribution is 7.89. The molecule has 0 bridgehead atoms. The van der Waals surface area contributed by atoms with Gasteiger partial charge >= 0.3 is 0 Å². The molecule has 0 spiro atoms. The summed E-state index contributed by atoms with van der Waals surface area (Å²) in [6.45, 7) is 3.95. The average molecular weight is 449 g/mol. The zero-order valence-corrected chi connectivity index (χ0v) is 17.9. The van der Waals surface area contributed by atoms with E-state index in [-0.39, 0.29) is 24.2 Å². The average Bonchev–Trinajstić information content (AvgIpc) is 3.38. The second kappa shape index (κ2) is 8.17. The Hall–Kier alpha value is -2.76. The van der Waals surface area contributed by atoms with Crippen molar-refractivity contribution in [3.05, 3.63) is 42.0 Å². The van der Waals surface area contributed by atoms with Crippen molar-refractivity contribution >= 4 is 38.7 Å². The van der Waals surface area contributed by atoms with E-state index in [0.29, 0.717) is 22.5 Å². The van der Waals surface area contributed by atoms with Crippen LogP contribution in [0, 0.1) is 5.92 Å². The van der Waals surface area contributed by atoms with Crippen molar-refractivity contribution in [3.63, 3.8) is 0 Å². The van der Waals surface area contributed by atoms with E-state index in [0.717, 1.165) is 17.3 Å². The molecule has 1 aromatic heterocycles. The maximum absolute atomic E-state index is 13.0. The molecule has 11 heteroatoms. The fraction of sp³-hybridized carbons (Fsp3) is 0.316. The number of carbonyl (C=O) groups excluding carboxylic acids is 1. The first-order valence-corrected chi connectivity index (χ1v) is 11.5. The van der Waals surface area contributed by atoms with Gasteiger partial charge in [-0.15, -0.1) is 0 Å². The van der Waals surface area contributed by atoms with Gasteiger partial charge in [0.15, 0.2) is 11.5 Å². The largest absolute Gasteiger partial charge is 0.454 e. The van der Waals surface area contributed by atoms with Gasteiger partial charge in [-0.1, -0.05) is 26.0 Å². The molecule has 0 fully saturated rings. The lowest BCUT2D eigenvalue weighted by molar-refractivity contribution is -0.123. The third kappa shape index (κ3) is 4.09. The van der Waals surface area contributed by atoms with E-state index in [1.165, 1.54) is 6.07 Å². The summed E-state index contributed by atoms with van der Waals surface area (Å²) in [5, 5.41) is 2.79. The molecule has 1 atom stereocenters. The second-order valence-corrected chi connectivity index (χ2v) is 9.35. The number of aromatic nitrogens is 2. The molecule has 4 rings (SSSR count). The predicted molar refractivity (Wildman–Crippen MR) is 111 cm³/mol. The van der Waals surface area contributed by atoms with Crippen molar-refractivity contribution in [1.29, 1.82) is 0 Å². The standard InChI is InChI=1S/C19H20N4O5S2/c1-11(2)17(19(24)20-9-12-6-7-14-15(8-12)28-10-27-14)23-30(25,26)16-5-3-4-13-18(16)22-29-21-13/h3-8,11,17,23H,9-10H2,1-2H3,(H,20,24)/t17-/m0/s1. The zero-order chi connectivity index (χ0) is 21.3. The number of nitrogens with one attached hydrogen (secondary N) is 2. The Balaban J connectivity index is 1.49. The summed E-state index contributed by atoms with van der Waals surface area (Å²) >= 11 is 0.938. The van der Waals surface area contributed by atoms with E-state index in [2.05, 4.69) is 18.8 Å². The van der Waals surface area contributed by atoms with E-state index >= 15 is 0 Å². The Kier molecular flexibility index (Phi) is 5.58. The zero-order valence-electron chi connectivity index (χ0n) is 16.3. The highest BCUT2D eigenvalue weighted by Crippen LogP contribution is 2.32. The molecular formula is C19H20N4O5S2. The third-order valence-corrected chi connectivity index (χ3v) is 6.69. The van der Waals surface area contributed by atoms with Crippen LogP contribution < -0.4 is 19.5 Å². The van der Waals surface area contributed by atoms with Gasteiger partial charge in [-0.2, -0.15) is 13.5 Å². The van der Waals surface area contributed by atoms with Crippen LogP contribution in [0.1, 0.15) is 19.4 Å². The minimum absolute atomic E-state index is 0.00275. The third-order valence-electron chi connectivity index (χ3n) is 4.67. The van der Waals surface area contributed by atoms with E-state index in [9.17, 15) is 13.2 Å². The molecule has 2 N–H and O–H groups in total. The quantitative estimate of drug-likeness (QED) is 0.568. The number of carbonyl (C=O) groups is 1. The molecule has 9 nitrogen and oxygen atoms in total. The topological polar surface area (TPSA) is 120 Å². The number of sulfonamides is 1. The fourth-order valence-electron chi connectivity index (χ4n) is 3.07. The van der Waals surface area contributed by atoms with Crippen LogP contribution in [0.2, 0.25) is 0 Å². The van der Waals surface area contributed by atoms with Gasteiger partial charge < -0.3 is 14.8 Å². The molecule has 0 saturated heterocycles. The first-order valence-electron chi connectivity index (χ1n) is 9.25. The molecular weight excluding hydrogens is 428 g/mol. The SMILES string of the molecule is CC(C)[C@H](NS(=O)(=O)c1cccc2nsnc12)C(=O)NCc1ccc2c(c1)OCO2. The number of amides is 1. The lowest BCUT2D eigenvalue weighted by atomic mass is 10.0. The van der Waals surface area contributed by atoms with Crippen LogP contribution in [0.25, 0.3) is 11.0 Å². The smallest absolute Gasteiger partial charge is 0.243 e. The molecule has 2 heterocycles. The van der Waals surface area contributed by atoms with Crippen LogP contribution in [0.4, 0.5) is 0 Å². The molecule has 158 valence electrons. The molecule has 1 aliphatic rings. The van der Waals surface area contributed by atoms with Gasteiger partial charge in [0.2, 0.25) is 22.7 Å². The van der Waals surface area contributed by atoms with Crippen molar-refractivity contribution in [1.82, 2.24) is 18.8 Å². The lowest BCUT2D eigenvalue weighted by Crippen LogP contribution is -2.49. The van der Waals surface area contributed by atoms with Crippen molar-refractivity contribution < 1.29 is 22.7 Å². The van der Waals surface area contributed by atoms with Crippen LogP contribution >= 0.6 is 11.7 Å². The van der Waals surface area contributed by atoms with Crippen LogP contribution in [0.5, 0.6) is 11.5 Å². The van der Waals surface area contributed by atoms with Crippen molar-refractivity contribution in [2.75, 3.05) is 6.79 Å². The summed E-state index contributed by atoms with van der Waals surface area (Å²) < 4.78 is 47.2. The van der Waals surface area contributed by atoms with Crippen LogP contribution in [-0.2, 0) is 21.4 Å². The van der Waals surface area contributed by atoms with Gasteiger partial charge in [0.25, 0.3) is 0 Å². The van der Waals surface area contributed by atoms with E-state index in [4.69, 9.17) is 9.47 Å². The molecule has 0 radical (unpaired) electrons. The number of hydrogen-bond acceptors (Lipinski definition) is 8. The Labute approximate surface area is 177 Å². The minimum atomic E-state index is -3.98. The summed E-state index contributed by atoms with van der Waals surface area (Å²) in [4.78, 5) is 12.8. The van der Waals surface area contributed by atoms with Gasteiger partial charge in [-0.05, 0) is 35.7 Å². The number of hydrogen-bond donors (Lipinski definition) is 2. The number of fused-ring (bicyclic) bond motifs is 2. The highest BCUT2D eigenvalue weighted by atomic mass is 32.2. The summed E-state index contributed by atoms with van der Waals surface area (Å²) in [5.41, 5.74) is 1.60. The molecule has 2 aromatic carbocycles. The summed E-state index contributed by atoms with van der Waals surface area (Å²) in [6, 6.07) is 9.16.